The summed E-state index contributed by atoms with van der Waals surface area (Å²) in [7, 11) is 0. The van der Waals surface area contributed by atoms with Crippen LogP contribution in [0.3, 0.4) is 0 Å². The summed E-state index contributed by atoms with van der Waals surface area (Å²) in [5, 5.41) is 3.64. The molecule has 2 saturated heterocycles. The zero-order valence-corrected chi connectivity index (χ0v) is 14.6. The molecule has 130 valence electrons. The predicted octanol–water partition coefficient (Wildman–Crippen LogP) is 1.79. The largest absolute Gasteiger partial charge is 0.333 e. The predicted molar refractivity (Wildman–Crippen MR) is 94.4 cm³/mol. The normalized spacial score (nSPS) is 22.1. The summed E-state index contributed by atoms with van der Waals surface area (Å²) in [6.07, 6.45) is 0.337. The van der Waals surface area contributed by atoms with Crippen molar-refractivity contribution in [2.75, 3.05) is 44.2 Å². The fourth-order valence-electron chi connectivity index (χ4n) is 3.21. The molecule has 24 heavy (non-hydrogen) atoms. The van der Waals surface area contributed by atoms with Crippen molar-refractivity contribution >= 4 is 29.2 Å². The van der Waals surface area contributed by atoms with E-state index in [-0.39, 0.29) is 18.0 Å². The molecular weight excluding hydrogens is 328 g/mol. The number of hydrogen-bond donors (Lipinski definition) is 1. The first-order valence-corrected chi connectivity index (χ1v) is 8.78. The second kappa shape index (κ2) is 7.40. The highest BCUT2D eigenvalue weighted by Gasteiger charge is 2.32. The van der Waals surface area contributed by atoms with Gasteiger partial charge in [0.05, 0.1) is 6.04 Å². The monoisotopic (exact) mass is 350 g/mol. The van der Waals surface area contributed by atoms with E-state index in [4.69, 9.17) is 11.6 Å². The molecule has 1 N–H and O–H groups in total. The van der Waals surface area contributed by atoms with Crippen molar-refractivity contribution in [3.05, 3.63) is 29.3 Å². The molecule has 0 bridgehead atoms. The lowest BCUT2D eigenvalue weighted by molar-refractivity contribution is -0.117. The average Bonchev–Trinajstić information content (AvgIpc) is 2.96. The summed E-state index contributed by atoms with van der Waals surface area (Å²) >= 11 is 5.89. The Morgan fingerprint density at radius 3 is 2.50 bits per heavy atom. The molecule has 2 aliphatic heterocycles. The number of hydrogen-bond acceptors (Lipinski definition) is 3. The number of halogens is 1. The van der Waals surface area contributed by atoms with Crippen LogP contribution in [-0.2, 0) is 4.79 Å². The molecule has 2 heterocycles. The van der Waals surface area contributed by atoms with Crippen LogP contribution >= 0.6 is 11.6 Å². The van der Waals surface area contributed by atoms with Gasteiger partial charge in [-0.15, -0.1) is 0 Å². The van der Waals surface area contributed by atoms with Gasteiger partial charge in [-0.1, -0.05) is 18.5 Å². The number of urea groups is 1. The van der Waals surface area contributed by atoms with Crippen molar-refractivity contribution in [3.63, 3.8) is 0 Å². The van der Waals surface area contributed by atoms with Crippen molar-refractivity contribution in [1.29, 1.82) is 0 Å². The Morgan fingerprint density at radius 2 is 1.88 bits per heavy atom. The molecule has 1 aromatic rings. The standard InChI is InChI=1S/C17H23ClN4O2/c1-2-20-7-9-21(10-8-20)17(24)19-14-11-16(23)22(12-14)15-5-3-13(18)4-6-15/h3-6,14H,2,7-12H2,1H3,(H,19,24)/t14-/m0/s1. The number of nitrogens with one attached hydrogen (secondary N) is 1. The summed E-state index contributed by atoms with van der Waals surface area (Å²) in [6.45, 7) is 6.94. The van der Waals surface area contributed by atoms with Gasteiger partial charge in [0, 0.05) is 49.9 Å². The Morgan fingerprint density at radius 1 is 1.21 bits per heavy atom. The number of carbonyl (C=O) groups is 2. The van der Waals surface area contributed by atoms with Crippen molar-refractivity contribution in [2.24, 2.45) is 0 Å². The van der Waals surface area contributed by atoms with E-state index < -0.39 is 0 Å². The van der Waals surface area contributed by atoms with Crippen LogP contribution in [0.1, 0.15) is 13.3 Å². The fourth-order valence-corrected chi connectivity index (χ4v) is 3.33. The maximum Gasteiger partial charge on any atom is 0.317 e. The molecule has 1 aromatic carbocycles. The lowest BCUT2D eigenvalue weighted by Gasteiger charge is -2.34. The number of rotatable bonds is 3. The number of anilines is 1. The molecule has 3 amide bonds. The third-order valence-electron chi connectivity index (χ3n) is 4.70. The highest BCUT2D eigenvalue weighted by Crippen LogP contribution is 2.23. The Balaban J connectivity index is 1.54. The SMILES string of the molecule is CCN1CCN(C(=O)N[C@H]2CC(=O)N(c3ccc(Cl)cc3)C2)CC1. The van der Waals surface area contributed by atoms with E-state index >= 15 is 0 Å². The third-order valence-corrected chi connectivity index (χ3v) is 4.95. The molecule has 2 aliphatic rings. The summed E-state index contributed by atoms with van der Waals surface area (Å²) in [5.41, 5.74) is 0.817. The van der Waals surface area contributed by atoms with Crippen LogP contribution in [0.4, 0.5) is 10.5 Å². The van der Waals surface area contributed by atoms with E-state index in [1.165, 1.54) is 0 Å². The first-order valence-electron chi connectivity index (χ1n) is 8.40. The molecule has 0 saturated carbocycles. The van der Waals surface area contributed by atoms with Crippen LogP contribution in [-0.4, -0.2) is 67.0 Å². The molecule has 2 fully saturated rings. The Hall–Kier alpha value is -1.79. The van der Waals surface area contributed by atoms with Crippen LogP contribution in [0.15, 0.2) is 24.3 Å². The van der Waals surface area contributed by atoms with Gasteiger partial charge in [0.25, 0.3) is 0 Å². The highest BCUT2D eigenvalue weighted by molar-refractivity contribution is 6.30. The summed E-state index contributed by atoms with van der Waals surface area (Å²) in [6, 6.07) is 6.97. The number of likely N-dealkylation sites (N-methyl/N-ethyl adjacent to an activating group) is 1. The average molecular weight is 351 g/mol. The zero-order chi connectivity index (χ0) is 17.1. The van der Waals surface area contributed by atoms with Crippen LogP contribution in [0.5, 0.6) is 0 Å². The van der Waals surface area contributed by atoms with Gasteiger partial charge in [-0.2, -0.15) is 0 Å². The minimum absolute atomic E-state index is 0.0263. The number of amides is 3. The molecule has 7 heteroatoms. The molecule has 0 aromatic heterocycles. The molecule has 0 aliphatic carbocycles. The smallest absolute Gasteiger partial charge is 0.317 e. The van der Waals surface area contributed by atoms with Crippen LogP contribution in [0, 0.1) is 0 Å². The van der Waals surface area contributed by atoms with Crippen molar-refractivity contribution in [2.45, 2.75) is 19.4 Å². The summed E-state index contributed by atoms with van der Waals surface area (Å²) in [5.74, 6) is 0.0263. The van der Waals surface area contributed by atoms with E-state index in [9.17, 15) is 9.59 Å². The van der Waals surface area contributed by atoms with Gasteiger partial charge in [-0.05, 0) is 30.8 Å². The quantitative estimate of drug-likeness (QED) is 0.904. The van der Waals surface area contributed by atoms with Crippen molar-refractivity contribution in [3.8, 4) is 0 Å². The van der Waals surface area contributed by atoms with Gasteiger partial charge >= 0.3 is 6.03 Å². The van der Waals surface area contributed by atoms with Crippen molar-refractivity contribution in [1.82, 2.24) is 15.1 Å². The van der Waals surface area contributed by atoms with Gasteiger partial charge < -0.3 is 20.0 Å². The summed E-state index contributed by atoms with van der Waals surface area (Å²) < 4.78 is 0. The van der Waals surface area contributed by atoms with Gasteiger partial charge in [-0.25, -0.2) is 4.79 Å². The topological polar surface area (TPSA) is 55.9 Å². The van der Waals surface area contributed by atoms with Crippen LogP contribution < -0.4 is 10.2 Å². The van der Waals surface area contributed by atoms with Crippen LogP contribution in [0.2, 0.25) is 5.02 Å². The second-order valence-electron chi connectivity index (χ2n) is 6.25. The third kappa shape index (κ3) is 3.82. The van der Waals surface area contributed by atoms with E-state index in [2.05, 4.69) is 17.1 Å². The molecule has 1 atom stereocenters. The molecular formula is C17H23ClN4O2. The maximum absolute atomic E-state index is 12.4. The van der Waals surface area contributed by atoms with Gasteiger partial charge in [0.1, 0.15) is 0 Å². The molecule has 0 unspecified atom stereocenters. The number of piperazine rings is 1. The number of benzene rings is 1. The first-order chi connectivity index (χ1) is 11.6. The fraction of sp³-hybridized carbons (Fsp3) is 0.529. The van der Waals surface area contributed by atoms with Gasteiger partial charge in [0.15, 0.2) is 0 Å². The van der Waals surface area contributed by atoms with Crippen LogP contribution in [0.25, 0.3) is 0 Å². The Bertz CT molecular complexity index is 599. The minimum atomic E-state index is -0.148. The van der Waals surface area contributed by atoms with E-state index in [0.717, 1.165) is 38.4 Å². The maximum atomic E-state index is 12.4. The second-order valence-corrected chi connectivity index (χ2v) is 6.69. The number of nitrogens with zero attached hydrogens (tertiary/aromatic N) is 3. The van der Waals surface area contributed by atoms with E-state index in [1.54, 1.807) is 17.0 Å². The zero-order valence-electron chi connectivity index (χ0n) is 13.9. The van der Waals surface area contributed by atoms with Crippen molar-refractivity contribution < 1.29 is 9.59 Å². The molecule has 6 nitrogen and oxygen atoms in total. The minimum Gasteiger partial charge on any atom is -0.333 e. The number of carbonyl (C=O) groups excluding carboxylic acids is 2. The highest BCUT2D eigenvalue weighted by atomic mass is 35.5. The van der Waals surface area contributed by atoms with Gasteiger partial charge in [-0.3, -0.25) is 4.79 Å². The Kier molecular flexibility index (Phi) is 5.26. The molecule has 0 spiro atoms. The molecule has 0 radical (unpaired) electrons. The summed E-state index contributed by atoms with van der Waals surface area (Å²) in [4.78, 5) is 30.5. The lowest BCUT2D eigenvalue weighted by Crippen LogP contribution is -2.53. The van der Waals surface area contributed by atoms with E-state index in [1.807, 2.05) is 17.0 Å². The lowest BCUT2D eigenvalue weighted by atomic mass is 10.2. The van der Waals surface area contributed by atoms with Gasteiger partial charge in [0.2, 0.25) is 5.91 Å². The Labute approximate surface area is 147 Å². The first kappa shape index (κ1) is 17.0. The van der Waals surface area contributed by atoms with E-state index in [0.29, 0.717) is 18.0 Å². The molecule has 3 rings (SSSR count).